The molecule has 2 amide bonds. The first-order valence-corrected chi connectivity index (χ1v) is 20.7. The molecular formula is C57H29NO2. The Bertz CT molecular complexity index is 3780. The van der Waals surface area contributed by atoms with Gasteiger partial charge in [-0.25, -0.2) is 0 Å². The van der Waals surface area contributed by atoms with Crippen LogP contribution in [0.25, 0.3) is 142 Å². The van der Waals surface area contributed by atoms with Gasteiger partial charge in [-0.05, 0) is 131 Å². The molecule has 3 heteroatoms. The summed E-state index contributed by atoms with van der Waals surface area (Å²) in [5.41, 5.74) is 14.0. The van der Waals surface area contributed by atoms with Gasteiger partial charge in [-0.2, -0.15) is 0 Å². The second-order valence-electron chi connectivity index (χ2n) is 16.9. The third kappa shape index (κ3) is 3.38. The number of hydrogen-bond acceptors (Lipinski definition) is 2. The first kappa shape index (κ1) is 31.2. The Balaban J connectivity index is 1.09. The van der Waals surface area contributed by atoms with Crippen molar-refractivity contribution in [1.82, 2.24) is 4.90 Å². The van der Waals surface area contributed by atoms with Crippen LogP contribution in [-0.2, 0) is 0 Å². The minimum Gasteiger partial charge on any atom is -0.277 e. The Kier molecular flexibility index (Phi) is 5.40. The molecule has 0 spiro atoms. The summed E-state index contributed by atoms with van der Waals surface area (Å²) in [7, 11) is 1.61. The molecule has 1 heterocycles. The van der Waals surface area contributed by atoms with Gasteiger partial charge in [0.15, 0.2) is 0 Å². The monoisotopic (exact) mass is 759 g/mol. The topological polar surface area (TPSA) is 37.4 Å². The number of carbonyl (C=O) groups is 2. The van der Waals surface area contributed by atoms with Gasteiger partial charge in [0.25, 0.3) is 11.8 Å². The summed E-state index contributed by atoms with van der Waals surface area (Å²) in [5.74, 6) is -0.520. The van der Waals surface area contributed by atoms with Crippen LogP contribution < -0.4 is 0 Å². The number of fused-ring (bicyclic) bond motifs is 11. The zero-order chi connectivity index (χ0) is 39.3. The van der Waals surface area contributed by atoms with Gasteiger partial charge >= 0.3 is 0 Å². The normalized spacial score (nSPS) is 13.8. The van der Waals surface area contributed by atoms with Crippen LogP contribution in [0.3, 0.4) is 0 Å². The van der Waals surface area contributed by atoms with Crippen molar-refractivity contribution in [1.29, 1.82) is 0 Å². The van der Waals surface area contributed by atoms with Gasteiger partial charge < -0.3 is 0 Å². The van der Waals surface area contributed by atoms with Gasteiger partial charge in [0.05, 0.1) is 11.1 Å². The third-order valence-corrected chi connectivity index (χ3v) is 14.4. The molecule has 0 fully saturated rings. The highest BCUT2D eigenvalue weighted by Crippen LogP contribution is 2.61. The van der Waals surface area contributed by atoms with E-state index in [0.29, 0.717) is 11.1 Å². The van der Waals surface area contributed by atoms with Gasteiger partial charge in [0.2, 0.25) is 0 Å². The van der Waals surface area contributed by atoms with Gasteiger partial charge in [-0.1, -0.05) is 158 Å². The van der Waals surface area contributed by atoms with E-state index in [4.69, 9.17) is 0 Å². The van der Waals surface area contributed by atoms with Crippen molar-refractivity contribution < 1.29 is 9.59 Å². The number of carbonyl (C=O) groups excluding carboxylic acids is 2. The quantitative estimate of drug-likeness (QED) is 0.1000. The van der Waals surface area contributed by atoms with Crippen LogP contribution in [0.5, 0.6) is 0 Å². The predicted molar refractivity (Wildman–Crippen MR) is 248 cm³/mol. The van der Waals surface area contributed by atoms with Crippen molar-refractivity contribution in [2.24, 2.45) is 0 Å². The molecular weight excluding hydrogens is 731 g/mol. The van der Waals surface area contributed by atoms with E-state index >= 15 is 0 Å². The summed E-state index contributed by atoms with van der Waals surface area (Å²) in [5, 5.41) is 17.8. The number of hydrogen-bond donors (Lipinski definition) is 0. The van der Waals surface area contributed by atoms with E-state index in [9.17, 15) is 9.59 Å². The molecule has 0 aromatic heterocycles. The zero-order valence-electron chi connectivity index (χ0n) is 32.3. The van der Waals surface area contributed by atoms with E-state index in [2.05, 4.69) is 121 Å². The van der Waals surface area contributed by atoms with Crippen LogP contribution in [0.1, 0.15) is 20.7 Å². The summed E-state index contributed by atoms with van der Waals surface area (Å²) >= 11 is 0. The molecule has 1 aliphatic heterocycles. The number of rotatable bonds is 2. The highest BCUT2D eigenvalue weighted by molar-refractivity contribution is 6.45. The van der Waals surface area contributed by atoms with Crippen LogP contribution in [-0.4, -0.2) is 23.8 Å². The molecule has 0 bridgehead atoms. The Morgan fingerprint density at radius 3 is 0.950 bits per heavy atom. The lowest BCUT2D eigenvalue weighted by atomic mass is 9.81. The molecule has 0 N–H and O–H groups in total. The Morgan fingerprint density at radius 2 is 0.567 bits per heavy atom. The maximum atomic E-state index is 14.3. The van der Waals surface area contributed by atoms with E-state index < -0.39 is 0 Å². The second kappa shape index (κ2) is 10.4. The predicted octanol–water partition coefficient (Wildman–Crippen LogP) is 14.5. The summed E-state index contributed by atoms with van der Waals surface area (Å²) < 4.78 is 0. The maximum absolute atomic E-state index is 14.3. The number of amides is 2. The molecule has 3 nitrogen and oxygen atoms in total. The minimum atomic E-state index is -0.260. The van der Waals surface area contributed by atoms with Crippen molar-refractivity contribution in [3.05, 3.63) is 169 Å². The lowest BCUT2D eigenvalue weighted by Crippen LogP contribution is -2.24. The first-order valence-electron chi connectivity index (χ1n) is 20.7. The van der Waals surface area contributed by atoms with E-state index in [-0.39, 0.29) is 11.8 Å². The first-order chi connectivity index (χ1) is 29.6. The number of benzene rings is 12. The molecule has 3 aliphatic rings. The zero-order valence-corrected chi connectivity index (χ0v) is 32.3. The Morgan fingerprint density at radius 1 is 0.267 bits per heavy atom. The molecule has 60 heavy (non-hydrogen) atoms. The molecule has 0 saturated carbocycles. The van der Waals surface area contributed by atoms with Gasteiger partial charge in [-0.15, -0.1) is 0 Å². The van der Waals surface area contributed by atoms with Crippen LogP contribution >= 0.6 is 0 Å². The molecule has 12 aromatic rings. The van der Waals surface area contributed by atoms with Crippen molar-refractivity contribution in [3.63, 3.8) is 0 Å². The summed E-state index contributed by atoms with van der Waals surface area (Å²) in [6, 6.07) is 57.1. The smallest absolute Gasteiger partial charge is 0.261 e. The fourth-order valence-electron chi connectivity index (χ4n) is 12.0. The van der Waals surface area contributed by atoms with Gasteiger partial charge in [0, 0.05) is 18.2 Å². The highest BCUT2D eigenvalue weighted by atomic mass is 16.2. The van der Waals surface area contributed by atoms with E-state index in [1.54, 1.807) is 7.05 Å². The molecule has 0 radical (unpaired) electrons. The largest absolute Gasteiger partial charge is 0.277 e. The fraction of sp³-hybridized carbons (Fsp3) is 0.0175. The molecule has 274 valence electrons. The van der Waals surface area contributed by atoms with Crippen molar-refractivity contribution >= 4 is 87.2 Å². The average Bonchev–Trinajstić information content (AvgIpc) is 3.90. The SMILES string of the molecule is CN1C(=O)c2c(c(-c3ccccc3)c3c(c2-c2ccccc2)-c2ccc4c5ccc6c7ccc8c9c(ccc(c%10ccc(c%11ccc-3c2c4%11)c5c6%10)c97)-c2ccccc2-8)C1=O. The van der Waals surface area contributed by atoms with Crippen LogP contribution in [0.15, 0.2) is 158 Å². The molecule has 0 unspecified atom stereocenters. The average molecular weight is 760 g/mol. The Hall–Kier alpha value is -7.88. The third-order valence-electron chi connectivity index (χ3n) is 14.4. The summed E-state index contributed by atoms with van der Waals surface area (Å²) in [6.07, 6.45) is 0. The van der Waals surface area contributed by atoms with E-state index in [1.807, 2.05) is 36.4 Å². The molecule has 0 saturated heterocycles. The Labute approximate surface area is 343 Å². The van der Waals surface area contributed by atoms with E-state index in [1.165, 1.54) is 103 Å². The lowest BCUT2D eigenvalue weighted by molar-refractivity contribution is 0.0693. The molecule has 12 aromatic carbocycles. The highest BCUT2D eigenvalue weighted by Gasteiger charge is 2.43. The summed E-state index contributed by atoms with van der Waals surface area (Å²) in [6.45, 7) is 0. The van der Waals surface area contributed by atoms with Crippen molar-refractivity contribution in [2.45, 2.75) is 0 Å². The van der Waals surface area contributed by atoms with Crippen LogP contribution in [0.2, 0.25) is 0 Å². The van der Waals surface area contributed by atoms with Crippen LogP contribution in [0.4, 0.5) is 0 Å². The van der Waals surface area contributed by atoms with E-state index in [0.717, 1.165) is 44.5 Å². The second-order valence-corrected chi connectivity index (χ2v) is 16.9. The molecule has 15 rings (SSSR count). The van der Waals surface area contributed by atoms with Crippen molar-refractivity contribution in [2.75, 3.05) is 7.05 Å². The van der Waals surface area contributed by atoms with Crippen molar-refractivity contribution in [3.8, 4) is 66.8 Å². The minimum absolute atomic E-state index is 0.260. The maximum Gasteiger partial charge on any atom is 0.261 e. The number of nitrogens with zero attached hydrogens (tertiary/aromatic N) is 1. The molecule has 0 atom stereocenters. The van der Waals surface area contributed by atoms with Crippen LogP contribution in [0, 0.1) is 0 Å². The standard InChI is InChI=1S/C57H29NO2/c1-58-56(59)54-44(28-10-4-2-5-11-28)52-42-26-24-40-38-22-20-36-34-18-16-32-30-14-8-9-15-31(30)33-17-19-35(47(34)46(32)33)37-21-23-39(49(38)48(36)37)41-25-27-43(51(42)50(40)41)53(52)45(55(54)57(58)60)29-12-6-3-7-13-29/h2-27H,1H3. The van der Waals surface area contributed by atoms with Gasteiger partial charge in [0.1, 0.15) is 0 Å². The fourth-order valence-corrected chi connectivity index (χ4v) is 12.0. The molecule has 2 aliphatic carbocycles. The lowest BCUT2D eigenvalue weighted by Gasteiger charge is -2.20. The van der Waals surface area contributed by atoms with Gasteiger partial charge in [-0.3, -0.25) is 14.5 Å². The number of imide groups is 1. The summed E-state index contributed by atoms with van der Waals surface area (Å²) in [4.78, 5) is 29.9.